The van der Waals surface area contributed by atoms with Crippen LogP contribution >= 0.6 is 0 Å². The highest BCUT2D eigenvalue weighted by Crippen LogP contribution is 2.30. The Bertz CT molecular complexity index is 1160. The molecular weight excluding hydrogens is 444 g/mol. The molecule has 4 N–H and O–H groups in total. The molecule has 0 atom stereocenters. The van der Waals surface area contributed by atoms with E-state index in [0.717, 1.165) is 48.2 Å². The van der Waals surface area contributed by atoms with Gasteiger partial charge >= 0.3 is 6.03 Å². The van der Waals surface area contributed by atoms with Crippen molar-refractivity contribution in [3.63, 3.8) is 0 Å². The second-order valence-corrected chi connectivity index (χ2v) is 9.04. The van der Waals surface area contributed by atoms with Gasteiger partial charge in [-0.3, -0.25) is 4.68 Å². The van der Waals surface area contributed by atoms with E-state index in [4.69, 9.17) is 10.5 Å². The van der Waals surface area contributed by atoms with Crippen LogP contribution in [-0.2, 0) is 6.54 Å². The molecule has 0 aliphatic carbocycles. The van der Waals surface area contributed by atoms with Gasteiger partial charge in [-0.05, 0) is 82.6 Å². The summed E-state index contributed by atoms with van der Waals surface area (Å²) in [5.74, 6) is 1.06. The molecule has 0 radical (unpaired) electrons. The lowest BCUT2D eigenvalue weighted by atomic mass is 9.98. The fourth-order valence-electron chi connectivity index (χ4n) is 4.35. The topological polar surface area (TPSA) is 123 Å². The first-order valence-corrected chi connectivity index (χ1v) is 12.0. The number of amides is 2. The highest BCUT2D eigenvalue weighted by molar-refractivity contribution is 5.74. The highest BCUT2D eigenvalue weighted by Gasteiger charge is 2.20. The average molecular weight is 479 g/mol. The Balaban J connectivity index is 1.50. The first-order chi connectivity index (χ1) is 16.8. The number of nitrogens with one attached hydrogen (secondary N) is 2. The van der Waals surface area contributed by atoms with E-state index >= 15 is 0 Å². The Hall–Kier alpha value is -3.66. The molecule has 0 spiro atoms. The number of likely N-dealkylation sites (tertiary alicyclic amines) is 1. The second kappa shape index (κ2) is 10.7. The molecule has 2 amide bonds. The van der Waals surface area contributed by atoms with Crippen molar-refractivity contribution in [2.45, 2.75) is 46.2 Å². The molecule has 4 rings (SSSR count). The van der Waals surface area contributed by atoms with E-state index in [0.29, 0.717) is 30.6 Å². The number of hydrogen-bond acceptors (Lipinski definition) is 7. The summed E-state index contributed by atoms with van der Waals surface area (Å²) in [5.41, 5.74) is 10.8. The maximum absolute atomic E-state index is 11.8. The molecule has 0 saturated carbocycles. The summed E-state index contributed by atoms with van der Waals surface area (Å²) < 4.78 is 7.96. The quantitative estimate of drug-likeness (QED) is 0.475. The molecule has 3 aromatic rings. The van der Waals surface area contributed by atoms with E-state index in [1.165, 1.54) is 0 Å². The van der Waals surface area contributed by atoms with E-state index in [1.807, 2.05) is 43.8 Å². The van der Waals surface area contributed by atoms with Crippen molar-refractivity contribution in [2.75, 3.05) is 32.4 Å². The summed E-state index contributed by atoms with van der Waals surface area (Å²) in [6.07, 6.45) is 7.35. The van der Waals surface area contributed by atoms with Crippen LogP contribution in [0.1, 0.15) is 42.5 Å². The zero-order chi connectivity index (χ0) is 24.9. The van der Waals surface area contributed by atoms with Gasteiger partial charge in [0.05, 0.1) is 30.3 Å². The minimum Gasteiger partial charge on any atom is -0.433 e. The van der Waals surface area contributed by atoms with E-state index in [9.17, 15) is 4.79 Å². The molecule has 1 aliphatic rings. The third-order valence-corrected chi connectivity index (χ3v) is 6.38. The summed E-state index contributed by atoms with van der Waals surface area (Å²) in [4.78, 5) is 23.1. The lowest BCUT2D eigenvalue weighted by Crippen LogP contribution is -2.35. The van der Waals surface area contributed by atoms with E-state index < -0.39 is 0 Å². The van der Waals surface area contributed by atoms with Gasteiger partial charge in [0.2, 0.25) is 0 Å². The number of carbonyl (C=O) groups excluding carboxylic acids is 1. The molecule has 35 heavy (non-hydrogen) atoms. The molecule has 10 heteroatoms. The van der Waals surface area contributed by atoms with Gasteiger partial charge in [-0.2, -0.15) is 5.10 Å². The molecule has 0 unspecified atom stereocenters. The van der Waals surface area contributed by atoms with Crippen LogP contribution in [0.3, 0.4) is 0 Å². The minimum atomic E-state index is -0.180. The number of benzene rings is 1. The van der Waals surface area contributed by atoms with Crippen LogP contribution in [0.15, 0.2) is 30.7 Å². The Labute approximate surface area is 205 Å². The van der Waals surface area contributed by atoms with Crippen molar-refractivity contribution in [3.8, 4) is 22.9 Å². The normalized spacial score (nSPS) is 14.6. The van der Waals surface area contributed by atoms with Crippen molar-refractivity contribution >= 4 is 11.8 Å². The van der Waals surface area contributed by atoms with Gasteiger partial charge in [0.1, 0.15) is 0 Å². The predicted molar refractivity (Wildman–Crippen MR) is 135 cm³/mol. The zero-order valence-corrected chi connectivity index (χ0v) is 20.8. The van der Waals surface area contributed by atoms with E-state index in [-0.39, 0.29) is 17.7 Å². The van der Waals surface area contributed by atoms with Crippen LogP contribution in [-0.4, -0.2) is 57.4 Å². The van der Waals surface area contributed by atoms with Crippen LogP contribution in [0.4, 0.5) is 10.6 Å². The molecule has 1 fully saturated rings. The van der Waals surface area contributed by atoms with Crippen LogP contribution in [0, 0.1) is 13.8 Å². The number of carbonyl (C=O) groups is 1. The van der Waals surface area contributed by atoms with E-state index in [2.05, 4.69) is 37.6 Å². The van der Waals surface area contributed by atoms with Crippen LogP contribution in [0.5, 0.6) is 11.6 Å². The maximum Gasteiger partial charge on any atom is 0.315 e. The molecule has 1 saturated heterocycles. The number of aryl methyl sites for hydroxylation is 2. The number of nitrogens with zero attached hydrogens (tertiary/aromatic N) is 5. The number of rotatable bonds is 7. The summed E-state index contributed by atoms with van der Waals surface area (Å²) in [6, 6.07) is 4.25. The smallest absolute Gasteiger partial charge is 0.315 e. The lowest BCUT2D eigenvalue weighted by Gasteiger charge is -2.28. The van der Waals surface area contributed by atoms with Gasteiger partial charge < -0.3 is 26.0 Å². The molecule has 1 aromatic carbocycles. The summed E-state index contributed by atoms with van der Waals surface area (Å²) in [5, 5.41) is 10.1. The largest absolute Gasteiger partial charge is 0.433 e. The van der Waals surface area contributed by atoms with Crippen molar-refractivity contribution < 1.29 is 9.53 Å². The first-order valence-electron chi connectivity index (χ1n) is 12.0. The summed E-state index contributed by atoms with van der Waals surface area (Å²) >= 11 is 0. The Morgan fingerprint density at radius 3 is 2.57 bits per heavy atom. The van der Waals surface area contributed by atoms with Crippen molar-refractivity contribution in [3.05, 3.63) is 47.4 Å². The molecule has 1 aliphatic heterocycles. The predicted octanol–water partition coefficient (Wildman–Crippen LogP) is 3.42. The van der Waals surface area contributed by atoms with Gasteiger partial charge in [-0.25, -0.2) is 14.8 Å². The first kappa shape index (κ1) is 24.5. The zero-order valence-electron chi connectivity index (χ0n) is 20.8. The van der Waals surface area contributed by atoms with Gasteiger partial charge in [0, 0.05) is 18.7 Å². The number of urea groups is 1. The molecule has 2 aromatic heterocycles. The van der Waals surface area contributed by atoms with Gasteiger partial charge in [-0.15, -0.1) is 0 Å². The number of piperidine rings is 1. The number of hydrogen-bond donors (Lipinski definition) is 3. The van der Waals surface area contributed by atoms with Crippen molar-refractivity contribution in [1.82, 2.24) is 35.3 Å². The van der Waals surface area contributed by atoms with Gasteiger partial charge in [-0.1, -0.05) is 0 Å². The summed E-state index contributed by atoms with van der Waals surface area (Å²) in [7, 11) is 2.14. The molecule has 3 heterocycles. The van der Waals surface area contributed by atoms with E-state index in [1.54, 1.807) is 12.4 Å². The standard InChI is InChI=1S/C25H34N8O2/c1-5-27-25(34)29-13-21-16(2)10-18(11-17(21)3)22-14-28-23(26)24(31-22)35-20-12-30-33(15-20)19-6-8-32(4)9-7-19/h10-12,14-15,19H,5-9,13H2,1-4H3,(H2,26,28)(H2,27,29,34). The maximum atomic E-state index is 11.8. The second-order valence-electron chi connectivity index (χ2n) is 9.04. The third kappa shape index (κ3) is 5.89. The average Bonchev–Trinajstić information content (AvgIpc) is 3.29. The third-order valence-electron chi connectivity index (χ3n) is 6.38. The minimum absolute atomic E-state index is 0.180. The van der Waals surface area contributed by atoms with Crippen molar-refractivity contribution in [2.24, 2.45) is 0 Å². The lowest BCUT2D eigenvalue weighted by molar-refractivity contribution is 0.212. The molecular formula is C25H34N8O2. The van der Waals surface area contributed by atoms with Crippen LogP contribution in [0.25, 0.3) is 11.3 Å². The van der Waals surface area contributed by atoms with Crippen LogP contribution in [0.2, 0.25) is 0 Å². The van der Waals surface area contributed by atoms with Gasteiger partial charge in [0.15, 0.2) is 11.6 Å². The Morgan fingerprint density at radius 2 is 1.89 bits per heavy atom. The number of nitrogens with two attached hydrogens (primary N) is 1. The molecule has 0 bridgehead atoms. The molecule has 10 nitrogen and oxygen atoms in total. The number of ether oxygens (including phenoxy) is 1. The Morgan fingerprint density at radius 1 is 1.17 bits per heavy atom. The monoisotopic (exact) mass is 478 g/mol. The number of aromatic nitrogens is 4. The number of anilines is 1. The summed E-state index contributed by atoms with van der Waals surface area (Å²) in [6.45, 7) is 9.07. The SMILES string of the molecule is CCNC(=O)NCc1c(C)cc(-c2cnc(N)c(Oc3cnn(C4CCN(C)CC4)c3)n2)cc1C. The molecule has 186 valence electrons. The number of nitrogen functional groups attached to an aromatic ring is 1. The van der Waals surface area contributed by atoms with Gasteiger partial charge in [0.25, 0.3) is 5.88 Å². The Kier molecular flexibility index (Phi) is 7.50. The fraction of sp³-hybridized carbons (Fsp3) is 0.440. The highest BCUT2D eigenvalue weighted by atomic mass is 16.5. The fourth-order valence-corrected chi connectivity index (χ4v) is 4.35. The van der Waals surface area contributed by atoms with Crippen LogP contribution < -0.4 is 21.1 Å². The van der Waals surface area contributed by atoms with Crippen molar-refractivity contribution in [1.29, 1.82) is 0 Å².